The van der Waals surface area contributed by atoms with E-state index < -0.39 is 10.0 Å². The largest absolute Gasteiger partial charge is 0.354 e. The summed E-state index contributed by atoms with van der Waals surface area (Å²) in [5, 5.41) is 6.71. The van der Waals surface area contributed by atoms with Crippen molar-refractivity contribution in [1.82, 2.24) is 15.4 Å². The molecule has 9 heteroatoms. The highest BCUT2D eigenvalue weighted by molar-refractivity contribution is 14.0. The number of hydrogen-bond donors (Lipinski definition) is 3. The Morgan fingerprint density at radius 3 is 2.33 bits per heavy atom. The van der Waals surface area contributed by atoms with Gasteiger partial charge < -0.3 is 10.6 Å². The van der Waals surface area contributed by atoms with Gasteiger partial charge in [-0.05, 0) is 51.0 Å². The van der Waals surface area contributed by atoms with E-state index in [1.165, 1.54) is 9.75 Å². The Balaban J connectivity index is 0.00000450. The van der Waals surface area contributed by atoms with Crippen LogP contribution in [0.3, 0.4) is 0 Å². The zero-order valence-electron chi connectivity index (χ0n) is 18.2. The average Bonchev–Trinajstić information content (AvgIpc) is 3.02. The molecule has 1 heterocycles. The first-order valence-electron chi connectivity index (χ1n) is 9.78. The van der Waals surface area contributed by atoms with Gasteiger partial charge in [0.05, 0.1) is 5.75 Å². The summed E-state index contributed by atoms with van der Waals surface area (Å²) in [5.41, 5.74) is 1.72. The van der Waals surface area contributed by atoms with Gasteiger partial charge in [0.2, 0.25) is 10.0 Å². The standard InChI is InChI=1S/C21H32N4O2S2.HI/c1-15(2)25-29(26,27)14-19-9-7-6-8-18(19)13-23-21(22-5)24-16(3)12-20-11-10-17(4)28-20;/h6-11,15-16,25H,12-14H2,1-5H3,(H2,22,23,24);1H. The highest BCUT2D eigenvalue weighted by Gasteiger charge is 2.15. The Morgan fingerprint density at radius 1 is 1.10 bits per heavy atom. The van der Waals surface area contributed by atoms with E-state index in [0.717, 1.165) is 17.5 Å². The molecule has 0 fully saturated rings. The Labute approximate surface area is 202 Å². The highest BCUT2D eigenvalue weighted by Crippen LogP contribution is 2.17. The summed E-state index contributed by atoms with van der Waals surface area (Å²) < 4.78 is 27.3. The van der Waals surface area contributed by atoms with Crippen molar-refractivity contribution in [2.45, 2.75) is 58.5 Å². The fourth-order valence-corrected chi connectivity index (χ4v) is 5.54. The van der Waals surface area contributed by atoms with Crippen molar-refractivity contribution < 1.29 is 8.42 Å². The summed E-state index contributed by atoms with van der Waals surface area (Å²) >= 11 is 1.81. The summed E-state index contributed by atoms with van der Waals surface area (Å²) in [7, 11) is -1.64. The van der Waals surface area contributed by atoms with E-state index in [2.05, 4.69) is 46.3 Å². The van der Waals surface area contributed by atoms with Gasteiger partial charge in [-0.1, -0.05) is 24.3 Å². The van der Waals surface area contributed by atoms with Crippen LogP contribution in [0.1, 0.15) is 41.7 Å². The van der Waals surface area contributed by atoms with Crippen molar-refractivity contribution >= 4 is 51.3 Å². The van der Waals surface area contributed by atoms with Crippen LogP contribution in [0.2, 0.25) is 0 Å². The van der Waals surface area contributed by atoms with E-state index in [1.54, 1.807) is 7.05 Å². The number of aliphatic imine (C=N–C) groups is 1. The van der Waals surface area contributed by atoms with E-state index >= 15 is 0 Å². The quantitative estimate of drug-likeness (QED) is 0.246. The van der Waals surface area contributed by atoms with E-state index in [0.29, 0.717) is 12.5 Å². The van der Waals surface area contributed by atoms with Gasteiger partial charge in [0, 0.05) is 41.9 Å². The number of nitrogens with zero attached hydrogens (tertiary/aromatic N) is 1. The number of sulfonamides is 1. The topological polar surface area (TPSA) is 82.6 Å². The van der Waals surface area contributed by atoms with Crippen LogP contribution in [0.15, 0.2) is 41.4 Å². The van der Waals surface area contributed by atoms with Gasteiger partial charge >= 0.3 is 0 Å². The van der Waals surface area contributed by atoms with Gasteiger partial charge in [-0.2, -0.15) is 0 Å². The fourth-order valence-electron chi connectivity index (χ4n) is 3.03. The van der Waals surface area contributed by atoms with Crippen molar-refractivity contribution in [3.8, 4) is 0 Å². The molecular formula is C21H33IN4O2S2. The monoisotopic (exact) mass is 564 g/mol. The molecule has 0 aliphatic heterocycles. The van der Waals surface area contributed by atoms with Crippen LogP contribution in [0.25, 0.3) is 0 Å². The normalized spacial score (nSPS) is 13.1. The minimum atomic E-state index is -3.37. The van der Waals surface area contributed by atoms with Gasteiger partial charge in [0.25, 0.3) is 0 Å². The lowest BCUT2D eigenvalue weighted by molar-refractivity contribution is 0.568. The molecule has 0 aliphatic rings. The fraction of sp³-hybridized carbons (Fsp3) is 0.476. The van der Waals surface area contributed by atoms with E-state index in [1.807, 2.05) is 49.4 Å². The molecule has 2 aromatic rings. The van der Waals surface area contributed by atoms with Crippen LogP contribution in [0.4, 0.5) is 0 Å². The van der Waals surface area contributed by atoms with Crippen LogP contribution in [-0.2, 0) is 28.7 Å². The first kappa shape index (κ1) is 26.9. The first-order valence-corrected chi connectivity index (χ1v) is 12.2. The molecule has 3 N–H and O–H groups in total. The molecular weight excluding hydrogens is 531 g/mol. The molecule has 0 saturated carbocycles. The van der Waals surface area contributed by atoms with Crippen LogP contribution in [0.5, 0.6) is 0 Å². The summed E-state index contributed by atoms with van der Waals surface area (Å²) in [6.07, 6.45) is 0.926. The van der Waals surface area contributed by atoms with Crippen LogP contribution in [0, 0.1) is 6.92 Å². The lowest BCUT2D eigenvalue weighted by Crippen LogP contribution is -2.42. The summed E-state index contributed by atoms with van der Waals surface area (Å²) in [6.45, 7) is 8.37. The lowest BCUT2D eigenvalue weighted by atomic mass is 10.1. The molecule has 0 amide bonds. The molecule has 2 rings (SSSR count). The second kappa shape index (κ2) is 12.6. The maximum absolute atomic E-state index is 12.3. The Morgan fingerprint density at radius 2 is 1.77 bits per heavy atom. The Bertz CT molecular complexity index is 927. The van der Waals surface area contributed by atoms with Gasteiger partial charge in [-0.25, -0.2) is 13.1 Å². The first-order chi connectivity index (χ1) is 13.7. The number of guanidine groups is 1. The molecule has 30 heavy (non-hydrogen) atoms. The zero-order chi connectivity index (χ0) is 21.4. The SMILES string of the molecule is CN=C(NCc1ccccc1CS(=O)(=O)NC(C)C)NC(C)Cc1ccc(C)s1.I. The molecule has 6 nitrogen and oxygen atoms in total. The molecule has 1 unspecified atom stereocenters. The number of benzene rings is 1. The highest BCUT2D eigenvalue weighted by atomic mass is 127. The summed E-state index contributed by atoms with van der Waals surface area (Å²) in [6, 6.07) is 12.0. The molecule has 1 aromatic heterocycles. The summed E-state index contributed by atoms with van der Waals surface area (Å²) in [4.78, 5) is 6.95. The van der Waals surface area contributed by atoms with Crippen molar-refractivity contribution in [3.05, 3.63) is 57.3 Å². The molecule has 168 valence electrons. The third kappa shape index (κ3) is 9.32. The van der Waals surface area contributed by atoms with E-state index in [4.69, 9.17) is 0 Å². The second-order valence-corrected chi connectivity index (χ2v) is 10.6. The molecule has 0 saturated heterocycles. The summed E-state index contributed by atoms with van der Waals surface area (Å²) in [5.74, 6) is 0.659. The minimum absolute atomic E-state index is 0. The van der Waals surface area contributed by atoms with Gasteiger partial charge in [0.1, 0.15) is 0 Å². The smallest absolute Gasteiger partial charge is 0.216 e. The van der Waals surface area contributed by atoms with Crippen molar-refractivity contribution in [1.29, 1.82) is 0 Å². The maximum Gasteiger partial charge on any atom is 0.216 e. The molecule has 1 aromatic carbocycles. The Kier molecular flexibility index (Phi) is 11.3. The molecule has 1 atom stereocenters. The second-order valence-electron chi connectivity index (χ2n) is 7.49. The average molecular weight is 565 g/mol. The van der Waals surface area contributed by atoms with Crippen molar-refractivity contribution in [2.24, 2.45) is 4.99 Å². The number of aryl methyl sites for hydroxylation is 1. The van der Waals surface area contributed by atoms with Crippen LogP contribution >= 0.6 is 35.3 Å². The maximum atomic E-state index is 12.3. The number of nitrogens with one attached hydrogen (secondary N) is 3. The molecule has 0 aliphatic carbocycles. The Hall–Kier alpha value is -1.17. The molecule has 0 spiro atoms. The van der Waals surface area contributed by atoms with Crippen LogP contribution < -0.4 is 15.4 Å². The van der Waals surface area contributed by atoms with Crippen molar-refractivity contribution in [2.75, 3.05) is 7.05 Å². The van der Waals surface area contributed by atoms with Crippen molar-refractivity contribution in [3.63, 3.8) is 0 Å². The van der Waals surface area contributed by atoms with E-state index in [-0.39, 0.29) is 41.8 Å². The minimum Gasteiger partial charge on any atom is -0.354 e. The number of halogens is 1. The van der Waals surface area contributed by atoms with Gasteiger partial charge in [-0.3, -0.25) is 4.99 Å². The number of rotatable bonds is 9. The molecule has 0 radical (unpaired) electrons. The van der Waals surface area contributed by atoms with Crippen LogP contribution in [-0.4, -0.2) is 33.5 Å². The molecule has 0 bridgehead atoms. The number of thiophene rings is 1. The van der Waals surface area contributed by atoms with Gasteiger partial charge in [0.15, 0.2) is 5.96 Å². The van der Waals surface area contributed by atoms with Gasteiger partial charge in [-0.15, -0.1) is 35.3 Å². The third-order valence-electron chi connectivity index (χ3n) is 4.24. The zero-order valence-corrected chi connectivity index (χ0v) is 22.2. The number of hydrogen-bond acceptors (Lipinski definition) is 4. The predicted molar refractivity (Wildman–Crippen MR) is 138 cm³/mol. The predicted octanol–water partition coefficient (Wildman–Crippen LogP) is 3.80. The third-order valence-corrected chi connectivity index (χ3v) is 6.78. The lowest BCUT2D eigenvalue weighted by Gasteiger charge is -2.18. The van der Waals surface area contributed by atoms with E-state index in [9.17, 15) is 8.42 Å².